The average molecular weight is 276 g/mol. The van der Waals surface area contributed by atoms with E-state index in [0.29, 0.717) is 12.1 Å². The third-order valence-corrected chi connectivity index (χ3v) is 3.80. The molecule has 20 heavy (non-hydrogen) atoms. The maximum absolute atomic E-state index is 5.86. The molecule has 0 aliphatic carbocycles. The lowest BCUT2D eigenvalue weighted by Gasteiger charge is -2.21. The quantitative estimate of drug-likeness (QED) is 0.796. The summed E-state index contributed by atoms with van der Waals surface area (Å²) in [5, 5.41) is 7.17. The van der Waals surface area contributed by atoms with Gasteiger partial charge in [0.05, 0.1) is 12.3 Å². The second-order valence-corrected chi connectivity index (χ2v) is 5.92. The van der Waals surface area contributed by atoms with Crippen LogP contribution in [0.4, 0.5) is 5.69 Å². The average Bonchev–Trinajstić information content (AvgIpc) is 2.91. The van der Waals surface area contributed by atoms with E-state index < -0.39 is 0 Å². The van der Waals surface area contributed by atoms with Crippen LogP contribution in [-0.4, -0.2) is 25.2 Å². The highest BCUT2D eigenvalue weighted by atomic mass is 16.5. The first-order valence-corrected chi connectivity index (χ1v) is 7.92. The van der Waals surface area contributed by atoms with Gasteiger partial charge in [-0.3, -0.25) is 0 Å². The molecule has 3 nitrogen and oxygen atoms in total. The van der Waals surface area contributed by atoms with Gasteiger partial charge in [0.15, 0.2) is 0 Å². The summed E-state index contributed by atoms with van der Waals surface area (Å²) in [5.74, 6) is 0.984. The molecular formula is C17H28N2O. The lowest BCUT2D eigenvalue weighted by atomic mass is 10.1. The molecule has 0 amide bonds. The maximum Gasteiger partial charge on any atom is 0.142 e. The van der Waals surface area contributed by atoms with E-state index in [1.165, 1.54) is 31.4 Å². The lowest BCUT2D eigenvalue weighted by Crippen LogP contribution is -2.29. The smallest absolute Gasteiger partial charge is 0.142 e. The second-order valence-electron chi connectivity index (χ2n) is 5.92. The molecule has 1 aromatic rings. The van der Waals surface area contributed by atoms with E-state index in [0.717, 1.165) is 24.5 Å². The van der Waals surface area contributed by atoms with E-state index in [2.05, 4.69) is 49.6 Å². The molecule has 1 heterocycles. The fourth-order valence-corrected chi connectivity index (χ4v) is 2.79. The van der Waals surface area contributed by atoms with Crippen molar-refractivity contribution in [1.29, 1.82) is 0 Å². The third kappa shape index (κ3) is 4.41. The molecule has 1 fully saturated rings. The summed E-state index contributed by atoms with van der Waals surface area (Å²) in [6.45, 7) is 8.44. The molecule has 112 valence electrons. The maximum atomic E-state index is 5.86. The fourth-order valence-electron chi connectivity index (χ4n) is 2.79. The van der Waals surface area contributed by atoms with Gasteiger partial charge < -0.3 is 15.4 Å². The first-order chi connectivity index (χ1) is 9.69. The molecule has 0 saturated carbocycles. The summed E-state index contributed by atoms with van der Waals surface area (Å²) in [6.07, 6.45) is 4.82. The Labute approximate surface area is 123 Å². The van der Waals surface area contributed by atoms with Crippen molar-refractivity contribution in [2.45, 2.75) is 58.5 Å². The van der Waals surface area contributed by atoms with Crippen molar-refractivity contribution in [3.8, 4) is 5.75 Å². The highest BCUT2D eigenvalue weighted by Crippen LogP contribution is 2.27. The van der Waals surface area contributed by atoms with Crippen LogP contribution in [0.1, 0.15) is 45.1 Å². The van der Waals surface area contributed by atoms with Gasteiger partial charge in [-0.05, 0) is 63.8 Å². The molecule has 3 heteroatoms. The van der Waals surface area contributed by atoms with Gasteiger partial charge in [-0.1, -0.05) is 13.0 Å². The van der Waals surface area contributed by atoms with E-state index in [1.54, 1.807) is 0 Å². The first-order valence-electron chi connectivity index (χ1n) is 7.92. The van der Waals surface area contributed by atoms with Crippen LogP contribution < -0.4 is 15.4 Å². The van der Waals surface area contributed by atoms with Gasteiger partial charge in [0.25, 0.3) is 0 Å². The van der Waals surface area contributed by atoms with Gasteiger partial charge in [0.1, 0.15) is 5.75 Å². The van der Waals surface area contributed by atoms with Crippen LogP contribution in [0.15, 0.2) is 18.2 Å². The number of nitrogens with one attached hydrogen (secondary N) is 2. The van der Waals surface area contributed by atoms with Gasteiger partial charge in [0, 0.05) is 12.1 Å². The van der Waals surface area contributed by atoms with Crippen molar-refractivity contribution >= 4 is 5.69 Å². The molecule has 0 aromatic heterocycles. The summed E-state index contributed by atoms with van der Waals surface area (Å²) < 4.78 is 5.86. The van der Waals surface area contributed by atoms with Crippen molar-refractivity contribution in [2.24, 2.45) is 0 Å². The molecule has 0 radical (unpaired) electrons. The van der Waals surface area contributed by atoms with Crippen molar-refractivity contribution in [2.75, 3.05) is 18.5 Å². The largest absolute Gasteiger partial charge is 0.491 e. The van der Waals surface area contributed by atoms with Crippen LogP contribution in [0, 0.1) is 6.92 Å². The summed E-state index contributed by atoms with van der Waals surface area (Å²) in [7, 11) is 0. The highest BCUT2D eigenvalue weighted by Gasteiger charge is 2.17. The minimum absolute atomic E-state index is 0.456. The van der Waals surface area contributed by atoms with E-state index in [-0.39, 0.29) is 0 Å². The molecule has 2 N–H and O–H groups in total. The number of benzene rings is 1. The summed E-state index contributed by atoms with van der Waals surface area (Å²) in [4.78, 5) is 0. The van der Waals surface area contributed by atoms with Crippen LogP contribution in [0.25, 0.3) is 0 Å². The molecule has 0 bridgehead atoms. The van der Waals surface area contributed by atoms with Gasteiger partial charge in [-0.15, -0.1) is 0 Å². The summed E-state index contributed by atoms with van der Waals surface area (Å²) in [6, 6.07) is 7.53. The Bertz CT molecular complexity index is 413. The SMILES string of the molecule is CCCOc1cc(C)ccc1NC(C)CC1CCCN1. The van der Waals surface area contributed by atoms with E-state index in [4.69, 9.17) is 4.74 Å². The van der Waals surface area contributed by atoms with Crippen molar-refractivity contribution in [3.63, 3.8) is 0 Å². The number of hydrogen-bond acceptors (Lipinski definition) is 3. The van der Waals surface area contributed by atoms with Crippen LogP contribution in [0.3, 0.4) is 0 Å². The normalized spacial score (nSPS) is 19.9. The Morgan fingerprint density at radius 2 is 2.30 bits per heavy atom. The predicted octanol–water partition coefficient (Wildman–Crippen LogP) is 3.73. The number of hydrogen-bond donors (Lipinski definition) is 2. The Balaban J connectivity index is 1.95. The first kappa shape index (κ1) is 15.2. The van der Waals surface area contributed by atoms with Crippen LogP contribution in [0.5, 0.6) is 5.75 Å². The van der Waals surface area contributed by atoms with Gasteiger partial charge >= 0.3 is 0 Å². The predicted molar refractivity (Wildman–Crippen MR) is 85.7 cm³/mol. The summed E-state index contributed by atoms with van der Waals surface area (Å²) in [5.41, 5.74) is 2.36. The summed E-state index contributed by atoms with van der Waals surface area (Å²) >= 11 is 0. The minimum atomic E-state index is 0.456. The van der Waals surface area contributed by atoms with Gasteiger partial charge in [0.2, 0.25) is 0 Å². The van der Waals surface area contributed by atoms with E-state index in [1.807, 2.05) is 0 Å². The zero-order valence-corrected chi connectivity index (χ0v) is 13.0. The molecule has 1 aromatic carbocycles. The van der Waals surface area contributed by atoms with Crippen LogP contribution in [0.2, 0.25) is 0 Å². The third-order valence-electron chi connectivity index (χ3n) is 3.80. The number of aryl methyl sites for hydroxylation is 1. The second kappa shape index (κ2) is 7.53. The zero-order valence-electron chi connectivity index (χ0n) is 13.0. The molecule has 1 aliphatic heterocycles. The lowest BCUT2D eigenvalue weighted by molar-refractivity contribution is 0.318. The van der Waals surface area contributed by atoms with Crippen LogP contribution in [-0.2, 0) is 0 Å². The Morgan fingerprint density at radius 1 is 1.45 bits per heavy atom. The van der Waals surface area contributed by atoms with Gasteiger partial charge in [-0.2, -0.15) is 0 Å². The Kier molecular flexibility index (Phi) is 5.72. The van der Waals surface area contributed by atoms with Crippen molar-refractivity contribution in [1.82, 2.24) is 5.32 Å². The van der Waals surface area contributed by atoms with E-state index in [9.17, 15) is 0 Å². The highest BCUT2D eigenvalue weighted by molar-refractivity contribution is 5.58. The monoisotopic (exact) mass is 276 g/mol. The van der Waals surface area contributed by atoms with Crippen molar-refractivity contribution in [3.05, 3.63) is 23.8 Å². The van der Waals surface area contributed by atoms with Gasteiger partial charge in [-0.25, -0.2) is 0 Å². The van der Waals surface area contributed by atoms with Crippen molar-refractivity contribution < 1.29 is 4.74 Å². The number of anilines is 1. The Morgan fingerprint density at radius 3 is 3.00 bits per heavy atom. The number of ether oxygens (including phenoxy) is 1. The molecule has 2 rings (SSSR count). The minimum Gasteiger partial charge on any atom is -0.491 e. The standard InChI is InChI=1S/C17H28N2O/c1-4-10-20-17-11-13(2)7-8-16(17)19-14(3)12-15-6-5-9-18-15/h7-8,11,14-15,18-19H,4-6,9-10,12H2,1-3H3. The molecule has 1 aliphatic rings. The fraction of sp³-hybridized carbons (Fsp3) is 0.647. The van der Waals surface area contributed by atoms with Crippen LogP contribution >= 0.6 is 0 Å². The topological polar surface area (TPSA) is 33.3 Å². The molecule has 2 unspecified atom stereocenters. The molecule has 2 atom stereocenters. The molecular weight excluding hydrogens is 248 g/mol. The zero-order chi connectivity index (χ0) is 14.4. The molecule has 0 spiro atoms. The number of rotatable bonds is 7. The molecule has 1 saturated heterocycles. The van der Waals surface area contributed by atoms with E-state index >= 15 is 0 Å². The Hall–Kier alpha value is -1.22.